The molecule has 284 valence electrons. The van der Waals surface area contributed by atoms with Crippen molar-refractivity contribution in [2.75, 3.05) is 13.2 Å². The number of unbranched alkanes of at least 4 members (excludes halogenated alkanes) is 23. The average molecular weight is 684 g/mol. The minimum Gasteiger partial charge on any atom is -0.387 e. The Bertz CT molecular complexity index is 753. The average Bonchev–Trinajstić information content (AvgIpc) is 3.09. The lowest BCUT2D eigenvalue weighted by Crippen LogP contribution is -2.63. The summed E-state index contributed by atoms with van der Waals surface area (Å²) < 4.78 is 23.6. The molecule has 0 bridgehead atoms. The van der Waals surface area contributed by atoms with Gasteiger partial charge in [0.05, 0.1) is 25.4 Å². The van der Waals surface area contributed by atoms with E-state index < -0.39 is 49.1 Å². The van der Waals surface area contributed by atoms with E-state index in [9.17, 15) is 15.3 Å². The Labute approximate surface area is 294 Å². The molecule has 0 saturated carbocycles. The Hall–Kier alpha value is -0.580. The molecule has 8 heteroatoms. The molecular formula is C40H77NO7. The number of fused-ring (bicyclic) bond motifs is 1. The smallest absolute Gasteiger partial charge is 0.186 e. The molecule has 2 rings (SSSR count). The standard InChI is InChI=1S/C40H77NO7/c1-3-5-7-9-11-13-15-17-19-21-23-25-27-29-34(42)33(41)31-46-40-38(44)37(43)39-35(47-40)32-45-36(48-39)30-28-26-24-22-20-18-16-14-12-10-8-6-4-2/h27,29,33-40,42-44H,3-26,28,30-32,41H2,1-2H3/b29-27+/t33-,34+,35+,36?,37+,38+,39-,40+/m0/s1. The minimum atomic E-state index is -1.28. The second kappa shape index (κ2) is 29.0. The van der Waals surface area contributed by atoms with Crippen LogP contribution < -0.4 is 5.73 Å². The lowest BCUT2D eigenvalue weighted by Gasteiger charge is -2.46. The lowest BCUT2D eigenvalue weighted by molar-refractivity contribution is -0.360. The molecule has 8 nitrogen and oxygen atoms in total. The Morgan fingerprint density at radius 2 is 1.15 bits per heavy atom. The van der Waals surface area contributed by atoms with Crippen LogP contribution in [0.2, 0.25) is 0 Å². The summed E-state index contributed by atoms with van der Waals surface area (Å²) in [6.07, 6.45) is 30.8. The maximum atomic E-state index is 10.8. The fraction of sp³-hybridized carbons (Fsp3) is 0.950. The molecule has 0 aromatic heterocycles. The fourth-order valence-electron chi connectivity index (χ4n) is 6.85. The van der Waals surface area contributed by atoms with Crippen molar-refractivity contribution in [2.45, 2.75) is 230 Å². The van der Waals surface area contributed by atoms with Crippen LogP contribution in [-0.2, 0) is 18.9 Å². The van der Waals surface area contributed by atoms with E-state index in [2.05, 4.69) is 13.8 Å². The summed E-state index contributed by atoms with van der Waals surface area (Å²) in [6, 6.07) is -0.673. The first-order valence-corrected chi connectivity index (χ1v) is 20.5. The number of ether oxygens (including phenoxy) is 4. The first-order valence-electron chi connectivity index (χ1n) is 20.5. The summed E-state index contributed by atoms with van der Waals surface area (Å²) >= 11 is 0. The van der Waals surface area contributed by atoms with Gasteiger partial charge in [-0.2, -0.15) is 0 Å². The van der Waals surface area contributed by atoms with Crippen LogP contribution in [0.4, 0.5) is 0 Å². The van der Waals surface area contributed by atoms with Gasteiger partial charge in [0.25, 0.3) is 0 Å². The van der Waals surface area contributed by atoms with E-state index in [4.69, 9.17) is 24.7 Å². The highest BCUT2D eigenvalue weighted by atomic mass is 16.8. The third-order valence-electron chi connectivity index (χ3n) is 10.1. The zero-order valence-corrected chi connectivity index (χ0v) is 31.1. The second-order valence-corrected chi connectivity index (χ2v) is 14.7. The highest BCUT2D eigenvalue weighted by Crippen LogP contribution is 2.30. The maximum Gasteiger partial charge on any atom is 0.186 e. The Kier molecular flexibility index (Phi) is 26.4. The fourth-order valence-corrected chi connectivity index (χ4v) is 6.85. The van der Waals surface area contributed by atoms with Crippen molar-refractivity contribution in [1.29, 1.82) is 0 Å². The van der Waals surface area contributed by atoms with E-state index in [1.807, 2.05) is 6.08 Å². The van der Waals surface area contributed by atoms with Crippen LogP contribution in [0.25, 0.3) is 0 Å². The number of hydrogen-bond donors (Lipinski definition) is 4. The minimum absolute atomic E-state index is 0.0147. The van der Waals surface area contributed by atoms with E-state index in [1.165, 1.54) is 135 Å². The molecule has 0 aliphatic carbocycles. The van der Waals surface area contributed by atoms with Gasteiger partial charge < -0.3 is 40.0 Å². The topological polar surface area (TPSA) is 124 Å². The van der Waals surface area contributed by atoms with Gasteiger partial charge >= 0.3 is 0 Å². The van der Waals surface area contributed by atoms with E-state index in [-0.39, 0.29) is 13.2 Å². The highest BCUT2D eigenvalue weighted by molar-refractivity contribution is 4.95. The highest BCUT2D eigenvalue weighted by Gasteiger charge is 2.49. The molecule has 0 radical (unpaired) electrons. The van der Waals surface area contributed by atoms with Crippen molar-refractivity contribution in [3.63, 3.8) is 0 Å². The second-order valence-electron chi connectivity index (χ2n) is 14.7. The first kappa shape index (κ1) is 43.6. The van der Waals surface area contributed by atoms with Crippen molar-refractivity contribution >= 4 is 0 Å². The van der Waals surface area contributed by atoms with Crippen LogP contribution in [0, 0.1) is 0 Å². The number of allylic oxidation sites excluding steroid dienone is 1. The third-order valence-corrected chi connectivity index (χ3v) is 10.1. The molecule has 2 fully saturated rings. The molecule has 8 atom stereocenters. The molecule has 2 saturated heterocycles. The summed E-state index contributed by atoms with van der Waals surface area (Å²) in [5.74, 6) is 0. The van der Waals surface area contributed by atoms with Crippen LogP contribution >= 0.6 is 0 Å². The molecule has 2 aliphatic heterocycles. The normalized spacial score (nSPS) is 25.8. The van der Waals surface area contributed by atoms with Crippen LogP contribution in [0.1, 0.15) is 181 Å². The monoisotopic (exact) mass is 684 g/mol. The van der Waals surface area contributed by atoms with E-state index >= 15 is 0 Å². The summed E-state index contributed by atoms with van der Waals surface area (Å²) in [5.41, 5.74) is 6.16. The Morgan fingerprint density at radius 1 is 0.667 bits per heavy atom. The van der Waals surface area contributed by atoms with Crippen molar-refractivity contribution in [3.8, 4) is 0 Å². The lowest BCUT2D eigenvalue weighted by atomic mass is 9.98. The Balaban J connectivity index is 1.50. The Morgan fingerprint density at radius 3 is 1.67 bits per heavy atom. The van der Waals surface area contributed by atoms with Crippen molar-refractivity contribution in [3.05, 3.63) is 12.2 Å². The number of aliphatic hydroxyl groups is 3. The summed E-state index contributed by atoms with van der Waals surface area (Å²) in [6.45, 7) is 4.78. The number of hydrogen-bond acceptors (Lipinski definition) is 8. The zero-order chi connectivity index (χ0) is 34.7. The van der Waals surface area contributed by atoms with E-state index in [1.54, 1.807) is 6.08 Å². The molecule has 0 aromatic rings. The van der Waals surface area contributed by atoms with Crippen LogP contribution in [0.3, 0.4) is 0 Å². The molecule has 48 heavy (non-hydrogen) atoms. The van der Waals surface area contributed by atoms with Gasteiger partial charge in [-0.05, 0) is 25.7 Å². The van der Waals surface area contributed by atoms with Gasteiger partial charge in [-0.15, -0.1) is 0 Å². The molecule has 2 aliphatic rings. The van der Waals surface area contributed by atoms with Gasteiger partial charge in [-0.25, -0.2) is 0 Å². The van der Waals surface area contributed by atoms with Crippen LogP contribution in [0.5, 0.6) is 0 Å². The van der Waals surface area contributed by atoms with Crippen molar-refractivity contribution in [1.82, 2.24) is 0 Å². The molecule has 1 unspecified atom stereocenters. The summed E-state index contributed by atoms with van der Waals surface area (Å²) in [5, 5.41) is 32.0. The predicted octanol–water partition coefficient (Wildman–Crippen LogP) is 8.62. The molecule has 0 spiro atoms. The van der Waals surface area contributed by atoms with E-state index in [0.29, 0.717) is 0 Å². The van der Waals surface area contributed by atoms with Crippen molar-refractivity contribution < 1.29 is 34.3 Å². The van der Waals surface area contributed by atoms with Crippen LogP contribution in [0.15, 0.2) is 12.2 Å². The maximum absolute atomic E-state index is 10.8. The van der Waals surface area contributed by atoms with Gasteiger partial charge in [-0.3, -0.25) is 0 Å². The largest absolute Gasteiger partial charge is 0.387 e. The number of nitrogens with two attached hydrogens (primary N) is 1. The van der Waals surface area contributed by atoms with Gasteiger partial charge in [0.15, 0.2) is 12.6 Å². The molecule has 0 amide bonds. The number of rotatable bonds is 31. The zero-order valence-electron chi connectivity index (χ0n) is 31.1. The van der Waals surface area contributed by atoms with Crippen molar-refractivity contribution in [2.24, 2.45) is 5.73 Å². The van der Waals surface area contributed by atoms with Gasteiger partial charge in [0.2, 0.25) is 0 Å². The predicted molar refractivity (Wildman–Crippen MR) is 196 cm³/mol. The molecular weight excluding hydrogens is 606 g/mol. The summed E-state index contributed by atoms with van der Waals surface area (Å²) in [4.78, 5) is 0. The molecule has 5 N–H and O–H groups in total. The summed E-state index contributed by atoms with van der Waals surface area (Å²) in [7, 11) is 0. The third kappa shape index (κ3) is 19.7. The molecule has 2 heterocycles. The van der Waals surface area contributed by atoms with Crippen LogP contribution in [-0.4, -0.2) is 77.7 Å². The quantitative estimate of drug-likeness (QED) is 0.0423. The SMILES string of the molecule is CCCCCCCCCCCCC/C=C/[C@@H](O)[C@@H](N)CO[C@@H]1O[C@@H]2COC(CCCCCCCCCCCCCCC)O[C@@H]2[C@H](O)[C@H]1O. The van der Waals surface area contributed by atoms with E-state index in [0.717, 1.165) is 32.1 Å². The van der Waals surface area contributed by atoms with Gasteiger partial charge in [0, 0.05) is 0 Å². The van der Waals surface area contributed by atoms with Gasteiger partial charge in [0.1, 0.15) is 24.4 Å². The molecule has 0 aromatic carbocycles. The van der Waals surface area contributed by atoms with Gasteiger partial charge in [-0.1, -0.05) is 167 Å². The first-order chi connectivity index (χ1) is 23.5. The number of aliphatic hydroxyl groups excluding tert-OH is 3.